The Labute approximate surface area is 110 Å². The average Bonchev–Trinajstić information content (AvgIpc) is 2.35. The molecule has 1 aromatic carbocycles. The van der Waals surface area contributed by atoms with Crippen LogP contribution in [-0.2, 0) is 16.6 Å². The van der Waals surface area contributed by atoms with Crippen molar-refractivity contribution in [3.63, 3.8) is 0 Å². The summed E-state index contributed by atoms with van der Waals surface area (Å²) < 4.78 is 26.0. The predicted molar refractivity (Wildman–Crippen MR) is 76.1 cm³/mol. The van der Waals surface area contributed by atoms with E-state index in [0.29, 0.717) is 12.1 Å². The molecule has 0 aliphatic heterocycles. The van der Waals surface area contributed by atoms with E-state index in [4.69, 9.17) is 0 Å². The van der Waals surface area contributed by atoms with Crippen LogP contribution in [0.5, 0.6) is 0 Å². The molecular weight excluding hydrogens is 248 g/mol. The van der Waals surface area contributed by atoms with Crippen molar-refractivity contribution in [1.29, 1.82) is 0 Å². The Morgan fingerprint density at radius 3 is 2.33 bits per heavy atom. The van der Waals surface area contributed by atoms with E-state index in [1.807, 2.05) is 19.1 Å². The SMILES string of the molecule is CCCCS(=O)(=O)Nc1ccc(CNCC)cc1. The third-order valence-corrected chi connectivity index (χ3v) is 3.95. The van der Waals surface area contributed by atoms with Gasteiger partial charge in [-0.05, 0) is 30.7 Å². The Bertz CT molecular complexity index is 441. The van der Waals surface area contributed by atoms with Crippen molar-refractivity contribution in [3.05, 3.63) is 29.8 Å². The van der Waals surface area contributed by atoms with E-state index in [9.17, 15) is 8.42 Å². The predicted octanol–water partition coefficient (Wildman–Crippen LogP) is 2.34. The zero-order valence-electron chi connectivity index (χ0n) is 11.1. The van der Waals surface area contributed by atoms with Crippen LogP contribution in [0.4, 0.5) is 5.69 Å². The summed E-state index contributed by atoms with van der Waals surface area (Å²) in [6.45, 7) is 5.76. The minimum Gasteiger partial charge on any atom is -0.313 e. The van der Waals surface area contributed by atoms with Gasteiger partial charge in [0, 0.05) is 12.2 Å². The molecule has 0 bridgehead atoms. The van der Waals surface area contributed by atoms with E-state index in [0.717, 1.165) is 25.1 Å². The summed E-state index contributed by atoms with van der Waals surface area (Å²) in [5.41, 5.74) is 1.78. The maximum Gasteiger partial charge on any atom is 0.232 e. The average molecular weight is 270 g/mol. The van der Waals surface area contributed by atoms with Crippen LogP contribution >= 0.6 is 0 Å². The minimum atomic E-state index is -3.19. The van der Waals surface area contributed by atoms with E-state index in [-0.39, 0.29) is 5.75 Å². The van der Waals surface area contributed by atoms with Gasteiger partial charge in [-0.15, -0.1) is 0 Å². The number of benzene rings is 1. The standard InChI is InChI=1S/C13H22N2O2S/c1-3-5-10-18(16,17)15-13-8-6-12(7-9-13)11-14-4-2/h6-9,14-15H,3-5,10-11H2,1-2H3. The lowest BCUT2D eigenvalue weighted by Crippen LogP contribution is -2.16. The fraction of sp³-hybridized carbons (Fsp3) is 0.538. The van der Waals surface area contributed by atoms with Crippen molar-refractivity contribution < 1.29 is 8.42 Å². The molecule has 2 N–H and O–H groups in total. The summed E-state index contributed by atoms with van der Waals surface area (Å²) in [4.78, 5) is 0. The van der Waals surface area contributed by atoms with Gasteiger partial charge >= 0.3 is 0 Å². The van der Waals surface area contributed by atoms with Gasteiger partial charge in [-0.3, -0.25) is 4.72 Å². The molecule has 5 heteroatoms. The first-order chi connectivity index (χ1) is 8.57. The molecule has 102 valence electrons. The van der Waals surface area contributed by atoms with E-state index >= 15 is 0 Å². The highest BCUT2D eigenvalue weighted by molar-refractivity contribution is 7.92. The number of anilines is 1. The van der Waals surface area contributed by atoms with Crippen LogP contribution in [0.15, 0.2) is 24.3 Å². The number of unbranched alkanes of at least 4 members (excludes halogenated alkanes) is 1. The Balaban J connectivity index is 2.57. The Kier molecular flexibility index (Phi) is 6.15. The molecular formula is C13H22N2O2S. The first-order valence-corrected chi connectivity index (χ1v) is 8.02. The monoisotopic (exact) mass is 270 g/mol. The van der Waals surface area contributed by atoms with Gasteiger partial charge in [-0.25, -0.2) is 8.42 Å². The number of hydrogen-bond donors (Lipinski definition) is 2. The summed E-state index contributed by atoms with van der Waals surface area (Å²) in [6, 6.07) is 7.47. The van der Waals surface area contributed by atoms with E-state index in [2.05, 4.69) is 17.0 Å². The van der Waals surface area contributed by atoms with Crippen molar-refractivity contribution in [2.75, 3.05) is 17.0 Å². The number of sulfonamides is 1. The molecule has 0 radical (unpaired) electrons. The summed E-state index contributed by atoms with van der Waals surface area (Å²) >= 11 is 0. The van der Waals surface area contributed by atoms with Crippen LogP contribution in [0, 0.1) is 0 Å². The molecule has 4 nitrogen and oxygen atoms in total. The van der Waals surface area contributed by atoms with E-state index in [1.54, 1.807) is 12.1 Å². The van der Waals surface area contributed by atoms with Crippen molar-refractivity contribution in [1.82, 2.24) is 5.32 Å². The summed E-state index contributed by atoms with van der Waals surface area (Å²) in [7, 11) is -3.19. The molecule has 0 heterocycles. The van der Waals surface area contributed by atoms with Crippen LogP contribution in [-0.4, -0.2) is 20.7 Å². The quantitative estimate of drug-likeness (QED) is 0.762. The molecule has 0 saturated carbocycles. The molecule has 0 aliphatic rings. The number of nitrogens with one attached hydrogen (secondary N) is 2. The van der Waals surface area contributed by atoms with Crippen LogP contribution in [0.2, 0.25) is 0 Å². The normalized spacial score (nSPS) is 11.4. The highest BCUT2D eigenvalue weighted by Gasteiger charge is 2.08. The van der Waals surface area contributed by atoms with E-state index in [1.165, 1.54) is 0 Å². The van der Waals surface area contributed by atoms with Crippen molar-refractivity contribution in [2.24, 2.45) is 0 Å². The molecule has 0 unspecified atom stereocenters. The molecule has 0 amide bonds. The third-order valence-electron chi connectivity index (χ3n) is 2.57. The molecule has 18 heavy (non-hydrogen) atoms. The number of hydrogen-bond acceptors (Lipinski definition) is 3. The lowest BCUT2D eigenvalue weighted by Gasteiger charge is -2.08. The first-order valence-electron chi connectivity index (χ1n) is 6.37. The smallest absolute Gasteiger partial charge is 0.232 e. The molecule has 1 rings (SSSR count). The highest BCUT2D eigenvalue weighted by atomic mass is 32.2. The second-order valence-corrected chi connectivity index (χ2v) is 6.09. The minimum absolute atomic E-state index is 0.183. The van der Waals surface area contributed by atoms with Gasteiger partial charge in [0.2, 0.25) is 10.0 Å². The molecule has 0 atom stereocenters. The zero-order chi connectivity index (χ0) is 13.4. The Hall–Kier alpha value is -1.07. The second kappa shape index (κ2) is 7.38. The molecule has 0 fully saturated rings. The van der Waals surface area contributed by atoms with Gasteiger partial charge in [0.1, 0.15) is 0 Å². The van der Waals surface area contributed by atoms with Gasteiger partial charge in [-0.2, -0.15) is 0 Å². The summed E-state index contributed by atoms with van der Waals surface area (Å²) in [5.74, 6) is 0.183. The Morgan fingerprint density at radius 1 is 1.11 bits per heavy atom. The topological polar surface area (TPSA) is 58.2 Å². The third kappa shape index (κ3) is 5.51. The van der Waals surface area contributed by atoms with Crippen LogP contribution in [0.3, 0.4) is 0 Å². The number of rotatable bonds is 8. The van der Waals surface area contributed by atoms with Gasteiger partial charge in [-0.1, -0.05) is 32.4 Å². The van der Waals surface area contributed by atoms with Gasteiger partial charge in [0.25, 0.3) is 0 Å². The largest absolute Gasteiger partial charge is 0.313 e. The fourth-order valence-corrected chi connectivity index (χ4v) is 2.79. The van der Waals surface area contributed by atoms with Crippen molar-refractivity contribution in [2.45, 2.75) is 33.2 Å². The highest BCUT2D eigenvalue weighted by Crippen LogP contribution is 2.12. The maximum absolute atomic E-state index is 11.7. The molecule has 0 saturated heterocycles. The fourth-order valence-electron chi connectivity index (χ4n) is 1.52. The molecule has 0 spiro atoms. The van der Waals surface area contributed by atoms with Gasteiger partial charge in [0.15, 0.2) is 0 Å². The first kappa shape index (κ1) is 15.0. The molecule has 1 aromatic rings. The van der Waals surface area contributed by atoms with Crippen molar-refractivity contribution in [3.8, 4) is 0 Å². The second-order valence-electron chi connectivity index (χ2n) is 4.25. The lowest BCUT2D eigenvalue weighted by molar-refractivity contribution is 0.598. The van der Waals surface area contributed by atoms with Crippen LogP contribution in [0.1, 0.15) is 32.3 Å². The summed E-state index contributed by atoms with van der Waals surface area (Å²) in [6.07, 6.45) is 1.57. The van der Waals surface area contributed by atoms with Crippen molar-refractivity contribution >= 4 is 15.7 Å². The van der Waals surface area contributed by atoms with Crippen LogP contribution < -0.4 is 10.0 Å². The maximum atomic E-state index is 11.7. The summed E-state index contributed by atoms with van der Waals surface area (Å²) in [5, 5.41) is 3.22. The van der Waals surface area contributed by atoms with Crippen LogP contribution in [0.25, 0.3) is 0 Å². The van der Waals surface area contributed by atoms with Gasteiger partial charge < -0.3 is 5.32 Å². The molecule has 0 aliphatic carbocycles. The molecule has 0 aromatic heterocycles. The Morgan fingerprint density at radius 2 is 1.78 bits per heavy atom. The zero-order valence-corrected chi connectivity index (χ0v) is 11.9. The van der Waals surface area contributed by atoms with Gasteiger partial charge in [0.05, 0.1) is 5.75 Å². The lowest BCUT2D eigenvalue weighted by atomic mass is 10.2. The van der Waals surface area contributed by atoms with E-state index < -0.39 is 10.0 Å².